The number of rotatable bonds is 2. The van der Waals surface area contributed by atoms with E-state index in [2.05, 4.69) is 15.9 Å². The van der Waals surface area contributed by atoms with Gasteiger partial charge in [-0.15, -0.1) is 0 Å². The first-order chi connectivity index (χ1) is 11.1. The average molecular weight is 383 g/mol. The van der Waals surface area contributed by atoms with Crippen LogP contribution >= 0.6 is 15.9 Å². The van der Waals surface area contributed by atoms with Crippen molar-refractivity contribution < 1.29 is 14.0 Å². The Kier molecular flexibility index (Phi) is 4.99. The largest absolute Gasteiger partial charge is 0.339 e. The molecule has 0 unspecified atom stereocenters. The highest BCUT2D eigenvalue weighted by molar-refractivity contribution is 9.10. The Labute approximate surface area is 143 Å². The topological polar surface area (TPSA) is 40.6 Å². The van der Waals surface area contributed by atoms with Crippen molar-refractivity contribution in [3.8, 4) is 0 Å². The maximum atomic E-state index is 13.9. The van der Waals surface area contributed by atoms with Gasteiger partial charge in [0.1, 0.15) is 5.82 Å². The van der Waals surface area contributed by atoms with Crippen molar-refractivity contribution >= 4 is 27.7 Å². The maximum Gasteiger partial charge on any atom is 0.256 e. The summed E-state index contributed by atoms with van der Waals surface area (Å²) in [7, 11) is 0. The van der Waals surface area contributed by atoms with Gasteiger partial charge in [0.15, 0.2) is 0 Å². The van der Waals surface area contributed by atoms with Crippen LogP contribution in [0.25, 0.3) is 0 Å². The number of hydrogen-bond acceptors (Lipinski definition) is 2. The first-order valence-corrected chi connectivity index (χ1v) is 8.88. The van der Waals surface area contributed by atoms with Gasteiger partial charge < -0.3 is 9.80 Å². The fraction of sp³-hybridized carbons (Fsp3) is 0.529. The molecule has 0 atom stereocenters. The van der Waals surface area contributed by atoms with E-state index in [0.29, 0.717) is 30.7 Å². The Morgan fingerprint density at radius 3 is 2.26 bits per heavy atom. The molecule has 1 aromatic rings. The van der Waals surface area contributed by atoms with Crippen molar-refractivity contribution in [2.24, 2.45) is 5.92 Å². The summed E-state index contributed by atoms with van der Waals surface area (Å²) in [5.41, 5.74) is 0.0868. The smallest absolute Gasteiger partial charge is 0.256 e. The Balaban J connectivity index is 1.60. The molecule has 23 heavy (non-hydrogen) atoms. The van der Waals surface area contributed by atoms with Crippen LogP contribution in [0.4, 0.5) is 4.39 Å². The molecular formula is C17H20BrFN2O2. The van der Waals surface area contributed by atoms with Gasteiger partial charge in [0.05, 0.1) is 5.56 Å². The van der Waals surface area contributed by atoms with Crippen LogP contribution < -0.4 is 0 Å². The third kappa shape index (κ3) is 3.57. The molecule has 3 rings (SSSR count). The van der Waals surface area contributed by atoms with E-state index < -0.39 is 5.82 Å². The standard InChI is InChI=1S/C17H20BrFN2O2/c18-13-5-6-14(15(19)11-13)17(23)21-9-7-20(8-10-21)16(22)12-3-1-2-4-12/h5-6,11-12H,1-4,7-10H2. The zero-order chi connectivity index (χ0) is 16.4. The van der Waals surface area contributed by atoms with Crippen molar-refractivity contribution in [3.05, 3.63) is 34.1 Å². The highest BCUT2D eigenvalue weighted by atomic mass is 79.9. The lowest BCUT2D eigenvalue weighted by atomic mass is 10.1. The SMILES string of the molecule is O=C(c1ccc(Br)cc1F)N1CCN(C(=O)C2CCCC2)CC1. The monoisotopic (exact) mass is 382 g/mol. The van der Waals surface area contributed by atoms with E-state index in [1.165, 1.54) is 12.1 Å². The number of nitrogens with zero attached hydrogens (tertiary/aromatic N) is 2. The molecule has 0 spiro atoms. The lowest BCUT2D eigenvalue weighted by Crippen LogP contribution is -2.51. The molecule has 0 radical (unpaired) electrons. The zero-order valence-electron chi connectivity index (χ0n) is 12.9. The maximum absolute atomic E-state index is 13.9. The highest BCUT2D eigenvalue weighted by Gasteiger charge is 2.31. The lowest BCUT2D eigenvalue weighted by Gasteiger charge is -2.36. The van der Waals surface area contributed by atoms with Crippen molar-refractivity contribution in [1.82, 2.24) is 9.80 Å². The Bertz CT molecular complexity index is 609. The summed E-state index contributed by atoms with van der Waals surface area (Å²) >= 11 is 3.19. The fourth-order valence-electron chi connectivity index (χ4n) is 3.39. The van der Waals surface area contributed by atoms with Gasteiger partial charge >= 0.3 is 0 Å². The number of amides is 2. The Morgan fingerprint density at radius 1 is 1.04 bits per heavy atom. The van der Waals surface area contributed by atoms with E-state index in [-0.39, 0.29) is 23.3 Å². The summed E-state index contributed by atoms with van der Waals surface area (Å²) < 4.78 is 14.5. The Morgan fingerprint density at radius 2 is 1.65 bits per heavy atom. The minimum atomic E-state index is -0.520. The summed E-state index contributed by atoms with van der Waals surface area (Å²) in [6.07, 6.45) is 4.25. The van der Waals surface area contributed by atoms with Crippen LogP contribution in [0, 0.1) is 11.7 Å². The van der Waals surface area contributed by atoms with Crippen LogP contribution in [-0.2, 0) is 4.79 Å². The van der Waals surface area contributed by atoms with Crippen molar-refractivity contribution in [2.75, 3.05) is 26.2 Å². The van der Waals surface area contributed by atoms with Gasteiger partial charge in [0.2, 0.25) is 5.91 Å². The number of halogens is 2. The summed E-state index contributed by atoms with van der Waals surface area (Å²) in [6, 6.07) is 4.46. The molecule has 1 aliphatic carbocycles. The predicted octanol–water partition coefficient (Wildman–Crippen LogP) is 3.06. The lowest BCUT2D eigenvalue weighted by molar-refractivity contribution is -0.136. The van der Waals surface area contributed by atoms with Gasteiger partial charge in [-0.3, -0.25) is 9.59 Å². The van der Waals surface area contributed by atoms with Gasteiger partial charge in [-0.2, -0.15) is 0 Å². The van der Waals surface area contributed by atoms with Gasteiger partial charge in [0, 0.05) is 36.6 Å². The summed E-state index contributed by atoms with van der Waals surface area (Å²) in [5, 5.41) is 0. The molecule has 124 valence electrons. The van der Waals surface area contributed by atoms with Crippen molar-refractivity contribution in [2.45, 2.75) is 25.7 Å². The highest BCUT2D eigenvalue weighted by Crippen LogP contribution is 2.27. The molecule has 1 aromatic carbocycles. The third-order valence-corrected chi connectivity index (χ3v) is 5.24. The quantitative estimate of drug-likeness (QED) is 0.788. The van der Waals surface area contributed by atoms with E-state index in [0.717, 1.165) is 25.7 Å². The molecule has 2 aliphatic rings. The van der Waals surface area contributed by atoms with E-state index >= 15 is 0 Å². The molecule has 1 saturated carbocycles. The summed E-state index contributed by atoms with van der Waals surface area (Å²) in [5.74, 6) is -0.428. The van der Waals surface area contributed by atoms with Gasteiger partial charge in [-0.05, 0) is 31.0 Å². The van der Waals surface area contributed by atoms with Crippen LogP contribution in [0.3, 0.4) is 0 Å². The zero-order valence-corrected chi connectivity index (χ0v) is 14.5. The third-order valence-electron chi connectivity index (χ3n) is 4.74. The molecule has 1 heterocycles. The van der Waals surface area contributed by atoms with Crippen LogP contribution in [0.1, 0.15) is 36.0 Å². The first-order valence-electron chi connectivity index (χ1n) is 8.09. The molecule has 1 aliphatic heterocycles. The number of carbonyl (C=O) groups excluding carboxylic acids is 2. The van der Waals surface area contributed by atoms with Crippen molar-refractivity contribution in [1.29, 1.82) is 0 Å². The second-order valence-electron chi connectivity index (χ2n) is 6.22. The molecule has 2 fully saturated rings. The molecule has 4 nitrogen and oxygen atoms in total. The van der Waals surface area contributed by atoms with E-state index in [1.54, 1.807) is 11.0 Å². The van der Waals surface area contributed by atoms with Crippen LogP contribution in [0.5, 0.6) is 0 Å². The van der Waals surface area contributed by atoms with Gasteiger partial charge in [-0.25, -0.2) is 4.39 Å². The van der Waals surface area contributed by atoms with Gasteiger partial charge in [-0.1, -0.05) is 28.8 Å². The van der Waals surface area contributed by atoms with Crippen LogP contribution in [0.15, 0.2) is 22.7 Å². The van der Waals surface area contributed by atoms with Crippen LogP contribution in [-0.4, -0.2) is 47.8 Å². The Hall–Kier alpha value is -1.43. The van der Waals surface area contributed by atoms with Crippen LogP contribution in [0.2, 0.25) is 0 Å². The molecule has 1 saturated heterocycles. The predicted molar refractivity (Wildman–Crippen MR) is 88.5 cm³/mol. The minimum Gasteiger partial charge on any atom is -0.339 e. The number of piperazine rings is 1. The molecule has 6 heteroatoms. The number of carbonyl (C=O) groups is 2. The number of hydrogen-bond donors (Lipinski definition) is 0. The summed E-state index contributed by atoms with van der Waals surface area (Å²) in [6.45, 7) is 2.01. The van der Waals surface area contributed by atoms with E-state index in [1.807, 2.05) is 4.90 Å². The fourth-order valence-corrected chi connectivity index (χ4v) is 3.73. The number of benzene rings is 1. The van der Waals surface area contributed by atoms with E-state index in [4.69, 9.17) is 0 Å². The first kappa shape index (κ1) is 16.4. The summed E-state index contributed by atoms with van der Waals surface area (Å²) in [4.78, 5) is 28.3. The van der Waals surface area contributed by atoms with Crippen molar-refractivity contribution in [3.63, 3.8) is 0 Å². The second kappa shape index (κ2) is 6.99. The average Bonchev–Trinajstić information content (AvgIpc) is 3.08. The van der Waals surface area contributed by atoms with Gasteiger partial charge in [0.25, 0.3) is 5.91 Å². The minimum absolute atomic E-state index is 0.0868. The molecule has 2 amide bonds. The second-order valence-corrected chi connectivity index (χ2v) is 7.14. The van der Waals surface area contributed by atoms with E-state index in [9.17, 15) is 14.0 Å². The molecule has 0 aromatic heterocycles. The molecule has 0 bridgehead atoms. The molecule has 0 N–H and O–H groups in total. The normalized spacial score (nSPS) is 19.2. The molecular weight excluding hydrogens is 363 g/mol.